The van der Waals surface area contributed by atoms with Crippen molar-refractivity contribution in [1.82, 2.24) is 0 Å². The Labute approximate surface area is 174 Å². The summed E-state index contributed by atoms with van der Waals surface area (Å²) in [5.74, 6) is 0.438. The fourth-order valence-electron chi connectivity index (χ4n) is 5.78. The van der Waals surface area contributed by atoms with Gasteiger partial charge in [-0.1, -0.05) is 44.4 Å². The quantitative estimate of drug-likeness (QED) is 0.302. The predicted octanol–water partition coefficient (Wildman–Crippen LogP) is 7.54. The van der Waals surface area contributed by atoms with Crippen LogP contribution in [0, 0.1) is 16.7 Å². The van der Waals surface area contributed by atoms with Crippen LogP contribution in [0.5, 0.6) is 0 Å². The summed E-state index contributed by atoms with van der Waals surface area (Å²) in [5, 5.41) is 0. The Balaban J connectivity index is 2.17. The highest BCUT2D eigenvalue weighted by Gasteiger charge is 2.56. The first-order chi connectivity index (χ1) is 11.8. The molecular formula is C24H35IO. The number of rotatable bonds is 2. The number of ether oxygens (including phenoxy) is 1. The molecule has 26 heavy (non-hydrogen) atoms. The zero-order chi connectivity index (χ0) is 19.8. The molecule has 1 heterocycles. The summed E-state index contributed by atoms with van der Waals surface area (Å²) in [6, 6.07) is 0. The number of hydrogen-bond donors (Lipinski definition) is 0. The molecule has 144 valence electrons. The van der Waals surface area contributed by atoms with Gasteiger partial charge in [-0.25, -0.2) is 0 Å². The van der Waals surface area contributed by atoms with Crippen LogP contribution >= 0.6 is 22.6 Å². The van der Waals surface area contributed by atoms with Gasteiger partial charge in [0.25, 0.3) is 0 Å². The minimum Gasteiger partial charge on any atom is -0.360 e. The van der Waals surface area contributed by atoms with Gasteiger partial charge in [0.2, 0.25) is 0 Å². The molecule has 0 aromatic rings. The van der Waals surface area contributed by atoms with Crippen molar-refractivity contribution in [3.63, 3.8) is 0 Å². The van der Waals surface area contributed by atoms with Crippen molar-refractivity contribution in [2.24, 2.45) is 16.7 Å². The van der Waals surface area contributed by atoms with Crippen molar-refractivity contribution >= 4 is 22.6 Å². The van der Waals surface area contributed by atoms with Crippen LogP contribution in [0.2, 0.25) is 0 Å². The highest BCUT2D eigenvalue weighted by Crippen LogP contribution is 2.63. The first-order valence-corrected chi connectivity index (χ1v) is 11.0. The molecule has 0 radical (unpaired) electrons. The fraction of sp³-hybridized carbons (Fsp3) is 0.667. The number of hydrogen-bond acceptors (Lipinski definition) is 1. The normalized spacial score (nSPS) is 34.0. The summed E-state index contributed by atoms with van der Waals surface area (Å²) in [5.41, 5.74) is 12.2. The van der Waals surface area contributed by atoms with Crippen LogP contribution in [0.3, 0.4) is 0 Å². The molecule has 0 amide bonds. The van der Waals surface area contributed by atoms with Gasteiger partial charge in [-0.2, -0.15) is 0 Å². The summed E-state index contributed by atoms with van der Waals surface area (Å²) < 4.78 is 6.37. The Hall–Kier alpha value is -0.350. The van der Waals surface area contributed by atoms with Crippen LogP contribution in [-0.4, -0.2) is 10.2 Å². The van der Waals surface area contributed by atoms with E-state index in [1.54, 1.807) is 5.57 Å². The Morgan fingerprint density at radius 1 is 0.769 bits per heavy atom. The summed E-state index contributed by atoms with van der Waals surface area (Å²) in [6.07, 6.45) is 1.12. The van der Waals surface area contributed by atoms with Crippen LogP contribution in [0.1, 0.15) is 75.7 Å². The molecule has 1 saturated heterocycles. The van der Waals surface area contributed by atoms with Crippen LogP contribution in [0.15, 0.2) is 44.6 Å². The van der Waals surface area contributed by atoms with E-state index in [9.17, 15) is 0 Å². The molecule has 2 unspecified atom stereocenters. The van der Waals surface area contributed by atoms with Crippen LogP contribution in [-0.2, 0) is 4.74 Å². The van der Waals surface area contributed by atoms with Gasteiger partial charge in [-0.3, -0.25) is 0 Å². The molecule has 1 fully saturated rings. The molecule has 3 rings (SSSR count). The van der Waals surface area contributed by atoms with Gasteiger partial charge < -0.3 is 4.74 Å². The van der Waals surface area contributed by atoms with Crippen molar-refractivity contribution in [2.75, 3.05) is 6.61 Å². The van der Waals surface area contributed by atoms with Crippen molar-refractivity contribution < 1.29 is 4.74 Å². The van der Waals surface area contributed by atoms with E-state index in [4.69, 9.17) is 4.74 Å². The molecule has 0 N–H and O–H groups in total. The Kier molecular flexibility index (Phi) is 4.76. The number of allylic oxidation sites excluding steroid dienone is 6. The molecule has 0 bridgehead atoms. The summed E-state index contributed by atoms with van der Waals surface area (Å²) in [6.45, 7) is 24.2. The zero-order valence-corrected chi connectivity index (χ0v) is 20.4. The fourth-order valence-corrected chi connectivity index (χ4v) is 7.70. The minimum atomic E-state index is -0.247. The predicted molar refractivity (Wildman–Crippen MR) is 121 cm³/mol. The van der Waals surface area contributed by atoms with Crippen molar-refractivity contribution in [3.05, 3.63) is 44.6 Å². The smallest absolute Gasteiger partial charge is 0.148 e. The molecule has 3 aliphatic rings. The maximum absolute atomic E-state index is 6.61. The van der Waals surface area contributed by atoms with Crippen molar-refractivity contribution in [2.45, 2.75) is 79.3 Å². The molecule has 2 heteroatoms. The molecule has 0 aromatic heterocycles. The third-order valence-electron chi connectivity index (χ3n) is 8.06. The molecule has 1 nitrogen and oxygen atoms in total. The Bertz CT molecular complexity index is 800. The lowest BCUT2D eigenvalue weighted by Crippen LogP contribution is -2.40. The molecule has 0 saturated carbocycles. The molecule has 0 spiro atoms. The maximum atomic E-state index is 6.61. The third kappa shape index (κ3) is 2.43. The summed E-state index contributed by atoms with van der Waals surface area (Å²) in [7, 11) is 0. The van der Waals surface area contributed by atoms with Crippen LogP contribution in [0.25, 0.3) is 0 Å². The molecule has 2 atom stereocenters. The van der Waals surface area contributed by atoms with Crippen molar-refractivity contribution in [1.29, 1.82) is 0 Å². The minimum absolute atomic E-state index is 0.0622. The highest BCUT2D eigenvalue weighted by atomic mass is 127. The lowest BCUT2D eigenvalue weighted by atomic mass is 9.68. The highest BCUT2D eigenvalue weighted by molar-refractivity contribution is 14.1. The summed E-state index contributed by atoms with van der Waals surface area (Å²) in [4.78, 5) is 0. The van der Waals surface area contributed by atoms with E-state index in [2.05, 4.69) is 91.8 Å². The van der Waals surface area contributed by atoms with Crippen LogP contribution < -0.4 is 0 Å². The lowest BCUT2D eigenvalue weighted by molar-refractivity contribution is 0.0940. The molecule has 0 aromatic carbocycles. The van der Waals surface area contributed by atoms with E-state index in [1.165, 1.54) is 39.0 Å². The number of halogens is 1. The molecular weight excluding hydrogens is 431 g/mol. The second-order valence-corrected chi connectivity index (χ2v) is 11.2. The summed E-state index contributed by atoms with van der Waals surface area (Å²) >= 11 is 2.66. The number of alkyl halides is 1. The largest absolute Gasteiger partial charge is 0.360 e. The second-order valence-electron chi connectivity index (χ2n) is 9.62. The van der Waals surface area contributed by atoms with Gasteiger partial charge in [-0.05, 0) is 98.4 Å². The van der Waals surface area contributed by atoms with Gasteiger partial charge in [0.15, 0.2) is 0 Å². The van der Waals surface area contributed by atoms with E-state index in [0.29, 0.717) is 5.92 Å². The topological polar surface area (TPSA) is 9.23 Å². The van der Waals surface area contributed by atoms with E-state index < -0.39 is 0 Å². The maximum Gasteiger partial charge on any atom is 0.148 e. The molecule has 2 aliphatic carbocycles. The zero-order valence-electron chi connectivity index (χ0n) is 18.3. The van der Waals surface area contributed by atoms with E-state index in [0.717, 1.165) is 13.0 Å². The monoisotopic (exact) mass is 466 g/mol. The van der Waals surface area contributed by atoms with Gasteiger partial charge in [-0.15, -0.1) is 0 Å². The standard InChI is InChI=1S/C24H35IO/c1-13-15(3)20(22(7,8)17(13)5)19-11-12-26-24(19,25)21-16(4)14(2)18(6)23(21,9)10/h19H,11-12H2,1-10H3. The van der Waals surface area contributed by atoms with E-state index >= 15 is 0 Å². The Morgan fingerprint density at radius 2 is 1.27 bits per heavy atom. The first-order valence-electron chi connectivity index (χ1n) is 9.92. The second kappa shape index (κ2) is 6.07. The first kappa shape index (κ1) is 20.4. The van der Waals surface area contributed by atoms with Gasteiger partial charge in [0.1, 0.15) is 3.61 Å². The van der Waals surface area contributed by atoms with Crippen LogP contribution in [0.4, 0.5) is 0 Å². The van der Waals surface area contributed by atoms with Crippen molar-refractivity contribution in [3.8, 4) is 0 Å². The average molecular weight is 466 g/mol. The lowest BCUT2D eigenvalue weighted by Gasteiger charge is -2.42. The molecule has 1 aliphatic heterocycles. The van der Waals surface area contributed by atoms with Gasteiger partial charge in [0, 0.05) is 23.4 Å². The SMILES string of the molecule is CC1=C(C)C(C)(C)C(C2CCOC2(I)C2=C(C)C(C)=C(C)C2(C)C)=C1C. The van der Waals surface area contributed by atoms with Gasteiger partial charge in [0.05, 0.1) is 0 Å². The Morgan fingerprint density at radius 3 is 1.69 bits per heavy atom. The average Bonchev–Trinajstić information content (AvgIpc) is 3.03. The van der Waals surface area contributed by atoms with Gasteiger partial charge >= 0.3 is 0 Å². The van der Waals surface area contributed by atoms with E-state index in [1.807, 2.05) is 0 Å². The van der Waals surface area contributed by atoms with E-state index in [-0.39, 0.29) is 14.4 Å². The third-order valence-corrected chi connectivity index (χ3v) is 9.66.